The monoisotopic (exact) mass is 472 g/mol. The van der Waals surface area contributed by atoms with Gasteiger partial charge in [0.15, 0.2) is 5.96 Å². The van der Waals surface area contributed by atoms with Crippen molar-refractivity contribution >= 4 is 29.9 Å². The maximum atomic E-state index is 6.25. The zero-order valence-electron chi connectivity index (χ0n) is 16.2. The van der Waals surface area contributed by atoms with Crippen molar-refractivity contribution in [1.29, 1.82) is 0 Å². The SMILES string of the molecule is CC1CCCC(CN=C(N)NC2CCOc3ccccc32)(N(C)C)C1.I. The highest BCUT2D eigenvalue weighted by atomic mass is 127. The molecule has 5 nitrogen and oxygen atoms in total. The number of hydrogen-bond acceptors (Lipinski definition) is 3. The number of guanidine groups is 1. The van der Waals surface area contributed by atoms with Gasteiger partial charge in [-0.15, -0.1) is 24.0 Å². The van der Waals surface area contributed by atoms with Gasteiger partial charge in [0, 0.05) is 17.5 Å². The van der Waals surface area contributed by atoms with E-state index in [1.807, 2.05) is 18.2 Å². The molecular formula is C20H33IN4O. The summed E-state index contributed by atoms with van der Waals surface area (Å²) in [5.74, 6) is 2.24. The molecule has 3 unspecified atom stereocenters. The van der Waals surface area contributed by atoms with Gasteiger partial charge in [-0.25, -0.2) is 0 Å². The van der Waals surface area contributed by atoms with Gasteiger partial charge >= 0.3 is 0 Å². The second-order valence-corrected chi connectivity index (χ2v) is 7.89. The highest BCUT2D eigenvalue weighted by Gasteiger charge is 2.36. The highest BCUT2D eigenvalue weighted by Crippen LogP contribution is 2.36. The van der Waals surface area contributed by atoms with Crippen LogP contribution in [-0.4, -0.2) is 43.6 Å². The van der Waals surface area contributed by atoms with Gasteiger partial charge in [0.05, 0.1) is 19.2 Å². The summed E-state index contributed by atoms with van der Waals surface area (Å²) in [4.78, 5) is 7.09. The Morgan fingerprint density at radius 1 is 1.35 bits per heavy atom. The fourth-order valence-electron chi connectivity index (χ4n) is 4.27. The molecule has 0 spiro atoms. The van der Waals surface area contributed by atoms with E-state index in [0.717, 1.165) is 24.6 Å². The van der Waals surface area contributed by atoms with E-state index in [1.165, 1.54) is 31.2 Å². The summed E-state index contributed by atoms with van der Waals surface area (Å²) in [5.41, 5.74) is 7.56. The summed E-state index contributed by atoms with van der Waals surface area (Å²) in [6.45, 7) is 3.82. The van der Waals surface area contributed by atoms with Crippen molar-refractivity contribution in [2.24, 2.45) is 16.6 Å². The molecule has 1 aliphatic heterocycles. The van der Waals surface area contributed by atoms with E-state index in [0.29, 0.717) is 12.6 Å². The van der Waals surface area contributed by atoms with Gasteiger partial charge in [-0.05, 0) is 38.9 Å². The number of likely N-dealkylation sites (N-methyl/N-ethyl adjacent to an activating group) is 1. The first kappa shape index (κ1) is 21.3. The number of nitrogens with one attached hydrogen (secondary N) is 1. The Morgan fingerprint density at radius 2 is 2.12 bits per heavy atom. The summed E-state index contributed by atoms with van der Waals surface area (Å²) < 4.78 is 5.72. The quantitative estimate of drug-likeness (QED) is 0.400. The lowest BCUT2D eigenvalue weighted by Gasteiger charge is -2.44. The number of ether oxygens (including phenoxy) is 1. The van der Waals surface area contributed by atoms with E-state index in [-0.39, 0.29) is 35.6 Å². The van der Waals surface area contributed by atoms with Crippen LogP contribution in [0.4, 0.5) is 0 Å². The van der Waals surface area contributed by atoms with Crippen LogP contribution in [0.5, 0.6) is 5.75 Å². The van der Waals surface area contributed by atoms with Crippen molar-refractivity contribution < 1.29 is 4.74 Å². The molecule has 1 fully saturated rings. The van der Waals surface area contributed by atoms with Crippen LogP contribution < -0.4 is 15.8 Å². The number of hydrogen-bond donors (Lipinski definition) is 2. The van der Waals surface area contributed by atoms with Crippen LogP contribution in [0.2, 0.25) is 0 Å². The molecular weight excluding hydrogens is 439 g/mol. The summed E-state index contributed by atoms with van der Waals surface area (Å²) in [6, 6.07) is 8.34. The normalized spacial score (nSPS) is 28.7. The van der Waals surface area contributed by atoms with E-state index < -0.39 is 0 Å². The summed E-state index contributed by atoms with van der Waals surface area (Å²) in [7, 11) is 4.35. The van der Waals surface area contributed by atoms with E-state index in [4.69, 9.17) is 15.5 Å². The Balaban J connectivity index is 0.00000243. The standard InChI is InChI=1S/C20H32N4O.HI/c1-15-7-6-11-20(13-15,24(2)3)14-22-19(21)23-17-10-12-25-18-9-5-4-8-16(17)18;/h4-5,8-9,15,17H,6-7,10-14H2,1-3H3,(H3,21,22,23);1H. The van der Waals surface area contributed by atoms with Gasteiger partial charge in [-0.2, -0.15) is 0 Å². The number of aliphatic imine (C=N–C) groups is 1. The molecule has 3 atom stereocenters. The summed E-state index contributed by atoms with van der Waals surface area (Å²) in [5, 5.41) is 3.41. The molecule has 0 aromatic heterocycles. The number of benzene rings is 1. The zero-order valence-corrected chi connectivity index (χ0v) is 18.5. The first-order valence-electron chi connectivity index (χ1n) is 9.46. The lowest BCUT2D eigenvalue weighted by molar-refractivity contribution is 0.0845. The molecule has 1 aromatic carbocycles. The second kappa shape index (κ2) is 9.26. The van der Waals surface area contributed by atoms with Gasteiger partial charge in [-0.1, -0.05) is 38.0 Å². The van der Waals surface area contributed by atoms with Crippen LogP contribution >= 0.6 is 24.0 Å². The lowest BCUT2D eigenvalue weighted by Crippen LogP contribution is -2.51. The van der Waals surface area contributed by atoms with Crippen molar-refractivity contribution in [3.05, 3.63) is 29.8 Å². The predicted octanol–water partition coefficient (Wildman–Crippen LogP) is 3.54. The molecule has 3 rings (SSSR count). The van der Waals surface area contributed by atoms with Gasteiger partial charge in [0.2, 0.25) is 0 Å². The number of halogens is 1. The van der Waals surface area contributed by atoms with Crippen LogP contribution in [0.25, 0.3) is 0 Å². The largest absolute Gasteiger partial charge is 0.493 e. The minimum absolute atomic E-state index is 0. The van der Waals surface area contributed by atoms with Crippen LogP contribution in [0.3, 0.4) is 0 Å². The van der Waals surface area contributed by atoms with Crippen LogP contribution in [0, 0.1) is 5.92 Å². The molecule has 0 saturated heterocycles. The van der Waals surface area contributed by atoms with Crippen molar-refractivity contribution in [3.8, 4) is 5.75 Å². The smallest absolute Gasteiger partial charge is 0.189 e. The maximum Gasteiger partial charge on any atom is 0.189 e. The number of fused-ring (bicyclic) bond motifs is 1. The molecule has 146 valence electrons. The van der Waals surface area contributed by atoms with E-state index in [2.05, 4.69) is 37.3 Å². The first-order valence-corrected chi connectivity index (χ1v) is 9.46. The molecule has 0 radical (unpaired) electrons. The molecule has 1 aliphatic carbocycles. The highest BCUT2D eigenvalue weighted by molar-refractivity contribution is 14.0. The Bertz CT molecular complexity index is 622. The third-order valence-electron chi connectivity index (χ3n) is 5.84. The number of nitrogens with two attached hydrogens (primary N) is 1. The Hall–Kier alpha value is -1.02. The number of para-hydroxylation sites is 1. The maximum absolute atomic E-state index is 6.25. The second-order valence-electron chi connectivity index (χ2n) is 7.89. The molecule has 2 aliphatic rings. The zero-order chi connectivity index (χ0) is 17.9. The van der Waals surface area contributed by atoms with Crippen LogP contribution in [0.1, 0.15) is 50.6 Å². The Morgan fingerprint density at radius 3 is 2.85 bits per heavy atom. The minimum atomic E-state index is 0. The van der Waals surface area contributed by atoms with E-state index in [1.54, 1.807) is 0 Å². The van der Waals surface area contributed by atoms with Crippen molar-refractivity contribution in [3.63, 3.8) is 0 Å². The molecule has 0 bridgehead atoms. The van der Waals surface area contributed by atoms with Crippen LogP contribution in [0.15, 0.2) is 29.3 Å². The van der Waals surface area contributed by atoms with E-state index in [9.17, 15) is 0 Å². The van der Waals surface area contributed by atoms with Gasteiger partial charge in [0.25, 0.3) is 0 Å². The summed E-state index contributed by atoms with van der Waals surface area (Å²) in [6.07, 6.45) is 5.89. The van der Waals surface area contributed by atoms with E-state index >= 15 is 0 Å². The summed E-state index contributed by atoms with van der Waals surface area (Å²) >= 11 is 0. The fourth-order valence-corrected chi connectivity index (χ4v) is 4.27. The Kier molecular flexibility index (Phi) is 7.58. The predicted molar refractivity (Wildman–Crippen MR) is 118 cm³/mol. The molecule has 26 heavy (non-hydrogen) atoms. The van der Waals surface area contributed by atoms with Crippen molar-refractivity contribution in [2.75, 3.05) is 27.2 Å². The molecule has 3 N–H and O–H groups in total. The minimum Gasteiger partial charge on any atom is -0.493 e. The molecule has 0 amide bonds. The van der Waals surface area contributed by atoms with Crippen molar-refractivity contribution in [2.45, 2.75) is 50.6 Å². The fraction of sp³-hybridized carbons (Fsp3) is 0.650. The third-order valence-corrected chi connectivity index (χ3v) is 5.84. The van der Waals surface area contributed by atoms with Crippen LogP contribution in [-0.2, 0) is 0 Å². The van der Waals surface area contributed by atoms with Gasteiger partial charge < -0.3 is 20.7 Å². The molecule has 1 saturated carbocycles. The lowest BCUT2D eigenvalue weighted by atomic mass is 9.75. The average Bonchev–Trinajstić information content (AvgIpc) is 2.60. The van der Waals surface area contributed by atoms with Gasteiger partial charge in [-0.3, -0.25) is 4.99 Å². The average molecular weight is 472 g/mol. The first-order chi connectivity index (χ1) is 12.0. The molecule has 6 heteroatoms. The Labute approximate surface area is 174 Å². The topological polar surface area (TPSA) is 62.9 Å². The van der Waals surface area contributed by atoms with Gasteiger partial charge in [0.1, 0.15) is 5.75 Å². The number of rotatable bonds is 4. The molecule has 1 aromatic rings. The van der Waals surface area contributed by atoms with Crippen molar-refractivity contribution in [1.82, 2.24) is 10.2 Å². The number of nitrogens with zero attached hydrogens (tertiary/aromatic N) is 2. The third kappa shape index (κ3) is 4.82. The molecule has 1 heterocycles.